The Morgan fingerprint density at radius 3 is 2.72 bits per heavy atom. The maximum atomic E-state index is 13.6. The highest BCUT2D eigenvalue weighted by molar-refractivity contribution is 5.97. The van der Waals surface area contributed by atoms with Crippen molar-refractivity contribution in [2.75, 3.05) is 6.79 Å². The van der Waals surface area contributed by atoms with Crippen LogP contribution in [0.3, 0.4) is 0 Å². The van der Waals surface area contributed by atoms with Crippen LogP contribution in [0.4, 0.5) is 4.39 Å². The molecule has 0 unspecified atom stereocenters. The molecule has 2 aromatic carbocycles. The molecule has 0 saturated heterocycles. The van der Waals surface area contributed by atoms with Gasteiger partial charge in [-0.15, -0.1) is 0 Å². The maximum absolute atomic E-state index is 13.6. The lowest BCUT2D eigenvalue weighted by Gasteiger charge is -2.14. The van der Waals surface area contributed by atoms with E-state index in [-0.39, 0.29) is 24.8 Å². The summed E-state index contributed by atoms with van der Waals surface area (Å²) in [5.41, 5.74) is 0.739. The molecule has 0 aliphatic carbocycles. The van der Waals surface area contributed by atoms with Crippen LogP contribution >= 0.6 is 0 Å². The molecule has 2 aromatic rings. The van der Waals surface area contributed by atoms with Gasteiger partial charge in [0.15, 0.2) is 11.5 Å². The molecule has 2 amide bonds. The molecule has 0 aromatic heterocycles. The summed E-state index contributed by atoms with van der Waals surface area (Å²) >= 11 is 0. The molecule has 6 nitrogen and oxygen atoms in total. The third kappa shape index (κ3) is 3.88. The van der Waals surface area contributed by atoms with Crippen LogP contribution < -0.4 is 20.1 Å². The highest BCUT2D eigenvalue weighted by Crippen LogP contribution is 2.32. The van der Waals surface area contributed by atoms with Crippen molar-refractivity contribution in [1.29, 1.82) is 0 Å². The lowest BCUT2D eigenvalue weighted by atomic mass is 10.1. The van der Waals surface area contributed by atoms with Crippen molar-refractivity contribution in [3.63, 3.8) is 0 Å². The Morgan fingerprint density at radius 2 is 1.92 bits per heavy atom. The Kier molecular flexibility index (Phi) is 4.83. The molecule has 130 valence electrons. The topological polar surface area (TPSA) is 76.7 Å². The summed E-state index contributed by atoms with van der Waals surface area (Å²) in [6, 6.07) is 10.2. The number of carbonyl (C=O) groups is 2. The first kappa shape index (κ1) is 16.8. The fourth-order valence-corrected chi connectivity index (χ4v) is 2.38. The van der Waals surface area contributed by atoms with Crippen LogP contribution in [0.5, 0.6) is 11.5 Å². The van der Waals surface area contributed by atoms with Gasteiger partial charge in [0.2, 0.25) is 12.7 Å². The number of halogens is 1. The molecule has 0 spiro atoms. The second kappa shape index (κ2) is 7.21. The van der Waals surface area contributed by atoms with E-state index in [2.05, 4.69) is 10.6 Å². The molecule has 2 N–H and O–H groups in total. The van der Waals surface area contributed by atoms with E-state index >= 15 is 0 Å². The Hall–Kier alpha value is -3.09. The van der Waals surface area contributed by atoms with Gasteiger partial charge in [0.25, 0.3) is 5.91 Å². The number of amides is 2. The third-order valence-electron chi connectivity index (χ3n) is 3.76. The molecule has 1 atom stereocenters. The number of benzene rings is 2. The van der Waals surface area contributed by atoms with Crippen molar-refractivity contribution in [3.05, 3.63) is 59.4 Å². The number of carbonyl (C=O) groups excluding carboxylic acids is 2. The van der Waals surface area contributed by atoms with E-state index in [0.717, 1.165) is 5.56 Å². The molecule has 1 aliphatic heterocycles. The van der Waals surface area contributed by atoms with Gasteiger partial charge in [-0.05, 0) is 36.8 Å². The van der Waals surface area contributed by atoms with Crippen LogP contribution in [-0.4, -0.2) is 24.6 Å². The average Bonchev–Trinajstić information content (AvgIpc) is 3.07. The number of hydrogen-bond acceptors (Lipinski definition) is 4. The lowest BCUT2D eigenvalue weighted by molar-refractivity contribution is -0.122. The zero-order chi connectivity index (χ0) is 17.8. The van der Waals surface area contributed by atoms with Gasteiger partial charge in [-0.25, -0.2) is 4.39 Å². The summed E-state index contributed by atoms with van der Waals surface area (Å²) in [5.74, 6) is -0.340. The molecule has 3 rings (SSSR count). The summed E-state index contributed by atoms with van der Waals surface area (Å²) in [7, 11) is 0. The van der Waals surface area contributed by atoms with Gasteiger partial charge in [0, 0.05) is 6.54 Å². The number of nitrogens with one attached hydrogen (secondary N) is 2. The summed E-state index contributed by atoms with van der Waals surface area (Å²) in [6.45, 7) is 1.99. The summed E-state index contributed by atoms with van der Waals surface area (Å²) in [4.78, 5) is 24.1. The number of ether oxygens (including phenoxy) is 2. The largest absolute Gasteiger partial charge is 0.454 e. The molecule has 0 radical (unpaired) electrons. The van der Waals surface area contributed by atoms with Crippen LogP contribution in [0.1, 0.15) is 22.8 Å². The highest BCUT2D eigenvalue weighted by atomic mass is 19.1. The van der Waals surface area contributed by atoms with Gasteiger partial charge in [0.05, 0.1) is 5.56 Å². The monoisotopic (exact) mass is 344 g/mol. The zero-order valence-electron chi connectivity index (χ0n) is 13.5. The third-order valence-corrected chi connectivity index (χ3v) is 3.76. The van der Waals surface area contributed by atoms with Crippen molar-refractivity contribution in [2.24, 2.45) is 0 Å². The Labute approximate surface area is 143 Å². The van der Waals surface area contributed by atoms with Gasteiger partial charge in [0.1, 0.15) is 11.9 Å². The SMILES string of the molecule is C[C@@H](NC(=O)c1ccccc1F)C(=O)NCc1ccc2c(c1)OCO2. The van der Waals surface area contributed by atoms with Crippen molar-refractivity contribution in [1.82, 2.24) is 10.6 Å². The summed E-state index contributed by atoms with van der Waals surface area (Å²) < 4.78 is 24.1. The minimum atomic E-state index is -0.805. The molecule has 0 saturated carbocycles. The first-order valence-corrected chi connectivity index (χ1v) is 7.76. The van der Waals surface area contributed by atoms with Gasteiger partial charge in [-0.1, -0.05) is 18.2 Å². The van der Waals surface area contributed by atoms with Crippen molar-refractivity contribution >= 4 is 11.8 Å². The van der Waals surface area contributed by atoms with Gasteiger partial charge >= 0.3 is 0 Å². The maximum Gasteiger partial charge on any atom is 0.254 e. The fourth-order valence-electron chi connectivity index (χ4n) is 2.38. The van der Waals surface area contributed by atoms with Crippen LogP contribution in [-0.2, 0) is 11.3 Å². The molecule has 7 heteroatoms. The quantitative estimate of drug-likeness (QED) is 0.870. The van der Waals surface area contributed by atoms with E-state index < -0.39 is 17.8 Å². The second-order valence-corrected chi connectivity index (χ2v) is 5.58. The molecule has 1 aliphatic rings. The van der Waals surface area contributed by atoms with Crippen molar-refractivity contribution in [3.8, 4) is 11.5 Å². The van der Waals surface area contributed by atoms with E-state index in [1.807, 2.05) is 6.07 Å². The first-order valence-electron chi connectivity index (χ1n) is 7.76. The molecule has 25 heavy (non-hydrogen) atoms. The predicted octanol–water partition coefficient (Wildman–Crippen LogP) is 1.99. The minimum absolute atomic E-state index is 0.0991. The summed E-state index contributed by atoms with van der Waals surface area (Å²) in [6.07, 6.45) is 0. The molecule has 1 heterocycles. The van der Waals surface area contributed by atoms with Crippen LogP contribution in [0.2, 0.25) is 0 Å². The van der Waals surface area contributed by atoms with Crippen LogP contribution in [0.25, 0.3) is 0 Å². The zero-order valence-corrected chi connectivity index (χ0v) is 13.5. The first-order chi connectivity index (χ1) is 12.0. The number of hydrogen-bond donors (Lipinski definition) is 2. The van der Waals surface area contributed by atoms with E-state index in [4.69, 9.17) is 9.47 Å². The van der Waals surface area contributed by atoms with E-state index in [1.165, 1.54) is 25.1 Å². The van der Waals surface area contributed by atoms with Gasteiger partial charge in [-0.2, -0.15) is 0 Å². The second-order valence-electron chi connectivity index (χ2n) is 5.58. The highest BCUT2D eigenvalue weighted by Gasteiger charge is 2.19. The molecule has 0 fully saturated rings. The standard InChI is InChI=1S/C18H17FN2O4/c1-11(21-18(23)13-4-2-3-5-14(13)19)17(22)20-9-12-6-7-15-16(8-12)25-10-24-15/h2-8,11H,9-10H2,1H3,(H,20,22)(H,21,23)/t11-/m1/s1. The predicted molar refractivity (Wildman–Crippen MR) is 87.7 cm³/mol. The Bertz CT molecular complexity index is 809. The summed E-state index contributed by atoms with van der Waals surface area (Å²) in [5, 5.41) is 5.20. The molecular formula is C18H17FN2O4. The van der Waals surface area contributed by atoms with Crippen molar-refractivity contribution < 1.29 is 23.5 Å². The smallest absolute Gasteiger partial charge is 0.254 e. The number of fused-ring (bicyclic) bond motifs is 1. The van der Waals surface area contributed by atoms with Crippen LogP contribution in [0.15, 0.2) is 42.5 Å². The minimum Gasteiger partial charge on any atom is -0.454 e. The average molecular weight is 344 g/mol. The lowest BCUT2D eigenvalue weighted by Crippen LogP contribution is -2.44. The van der Waals surface area contributed by atoms with Gasteiger partial charge < -0.3 is 20.1 Å². The Balaban J connectivity index is 1.54. The molecule has 0 bridgehead atoms. The molecular weight excluding hydrogens is 327 g/mol. The van der Waals surface area contributed by atoms with Gasteiger partial charge in [-0.3, -0.25) is 9.59 Å². The van der Waals surface area contributed by atoms with Crippen LogP contribution in [0, 0.1) is 5.82 Å². The van der Waals surface area contributed by atoms with Crippen molar-refractivity contribution in [2.45, 2.75) is 19.5 Å². The Morgan fingerprint density at radius 1 is 1.16 bits per heavy atom. The number of rotatable bonds is 5. The normalized spacial score (nSPS) is 13.2. The van der Waals surface area contributed by atoms with E-state index in [1.54, 1.807) is 18.2 Å². The van der Waals surface area contributed by atoms with E-state index in [9.17, 15) is 14.0 Å². The fraction of sp³-hybridized carbons (Fsp3) is 0.222. The van der Waals surface area contributed by atoms with E-state index in [0.29, 0.717) is 11.5 Å².